The van der Waals surface area contributed by atoms with E-state index in [2.05, 4.69) is 6.07 Å². The van der Waals surface area contributed by atoms with Crippen molar-refractivity contribution in [3.8, 4) is 5.75 Å². The standard InChI is InChI=1S/C16H22O2/c1-11-2-5-16(14(6-11)9-17)18-10-15-8-12-3-4-13(15)7-12/h2,5-6,12-13,15,17H,3-4,7-10H2,1H3. The first-order chi connectivity index (χ1) is 8.76. The normalized spacial score (nSPS) is 29.8. The fourth-order valence-electron chi connectivity index (χ4n) is 3.75. The van der Waals surface area contributed by atoms with Crippen molar-refractivity contribution in [3.05, 3.63) is 29.3 Å². The van der Waals surface area contributed by atoms with Crippen molar-refractivity contribution in [1.82, 2.24) is 0 Å². The van der Waals surface area contributed by atoms with Gasteiger partial charge in [0.25, 0.3) is 0 Å². The van der Waals surface area contributed by atoms with Gasteiger partial charge in [-0.05, 0) is 50.0 Å². The minimum absolute atomic E-state index is 0.0632. The summed E-state index contributed by atoms with van der Waals surface area (Å²) in [5.41, 5.74) is 2.09. The molecule has 0 saturated heterocycles. The Morgan fingerprint density at radius 2 is 2.17 bits per heavy atom. The summed E-state index contributed by atoms with van der Waals surface area (Å²) in [6.07, 6.45) is 5.62. The molecule has 3 atom stereocenters. The van der Waals surface area contributed by atoms with E-state index in [0.717, 1.165) is 35.7 Å². The van der Waals surface area contributed by atoms with Gasteiger partial charge >= 0.3 is 0 Å². The van der Waals surface area contributed by atoms with Gasteiger partial charge < -0.3 is 9.84 Å². The second kappa shape index (κ2) is 4.93. The Hall–Kier alpha value is -1.02. The first kappa shape index (κ1) is 12.0. The van der Waals surface area contributed by atoms with E-state index in [0.29, 0.717) is 0 Å². The Labute approximate surface area is 109 Å². The van der Waals surface area contributed by atoms with Gasteiger partial charge in [0.1, 0.15) is 5.75 Å². The zero-order chi connectivity index (χ0) is 12.5. The highest BCUT2D eigenvalue weighted by Crippen LogP contribution is 2.48. The number of hydrogen-bond donors (Lipinski definition) is 1. The van der Waals surface area contributed by atoms with Crippen LogP contribution in [0.15, 0.2) is 18.2 Å². The van der Waals surface area contributed by atoms with Crippen LogP contribution in [0.3, 0.4) is 0 Å². The number of aliphatic hydroxyl groups is 1. The molecule has 0 amide bonds. The van der Waals surface area contributed by atoms with E-state index >= 15 is 0 Å². The fourth-order valence-corrected chi connectivity index (χ4v) is 3.75. The number of hydrogen-bond acceptors (Lipinski definition) is 2. The molecule has 0 aromatic heterocycles. The number of aliphatic hydroxyl groups excluding tert-OH is 1. The molecule has 2 nitrogen and oxygen atoms in total. The average molecular weight is 246 g/mol. The average Bonchev–Trinajstić information content (AvgIpc) is 2.99. The zero-order valence-corrected chi connectivity index (χ0v) is 11.1. The third kappa shape index (κ3) is 2.26. The van der Waals surface area contributed by atoms with Crippen LogP contribution in [0.5, 0.6) is 5.75 Å². The summed E-state index contributed by atoms with van der Waals surface area (Å²) < 4.78 is 5.96. The Morgan fingerprint density at radius 3 is 2.83 bits per heavy atom. The molecule has 2 fully saturated rings. The lowest BCUT2D eigenvalue weighted by atomic mass is 9.89. The van der Waals surface area contributed by atoms with Crippen molar-refractivity contribution in [2.75, 3.05) is 6.61 Å². The highest BCUT2D eigenvalue weighted by molar-refractivity contribution is 5.36. The van der Waals surface area contributed by atoms with E-state index < -0.39 is 0 Å². The molecule has 0 aliphatic heterocycles. The van der Waals surface area contributed by atoms with Gasteiger partial charge in [-0.15, -0.1) is 0 Å². The maximum Gasteiger partial charge on any atom is 0.124 e. The van der Waals surface area contributed by atoms with Crippen LogP contribution in [0.25, 0.3) is 0 Å². The molecule has 0 spiro atoms. The molecule has 18 heavy (non-hydrogen) atoms. The van der Waals surface area contributed by atoms with Gasteiger partial charge in [-0.25, -0.2) is 0 Å². The number of fused-ring (bicyclic) bond motifs is 2. The van der Waals surface area contributed by atoms with E-state index in [1.54, 1.807) is 0 Å². The van der Waals surface area contributed by atoms with Gasteiger partial charge in [0.05, 0.1) is 13.2 Å². The van der Waals surface area contributed by atoms with Crippen molar-refractivity contribution < 1.29 is 9.84 Å². The van der Waals surface area contributed by atoms with E-state index in [1.165, 1.54) is 31.2 Å². The Kier molecular flexibility index (Phi) is 3.29. The van der Waals surface area contributed by atoms with Gasteiger partial charge in [-0.2, -0.15) is 0 Å². The molecule has 98 valence electrons. The zero-order valence-electron chi connectivity index (χ0n) is 11.1. The Morgan fingerprint density at radius 1 is 1.28 bits per heavy atom. The lowest BCUT2D eigenvalue weighted by Gasteiger charge is -2.22. The molecule has 3 unspecified atom stereocenters. The molecule has 0 heterocycles. The molecule has 2 aliphatic carbocycles. The SMILES string of the molecule is Cc1ccc(OCC2CC3CCC2C3)c(CO)c1. The molecule has 1 aromatic carbocycles. The van der Waals surface area contributed by atoms with Crippen LogP contribution in [0.1, 0.15) is 36.8 Å². The summed E-state index contributed by atoms with van der Waals surface area (Å²) in [5, 5.41) is 9.36. The van der Waals surface area contributed by atoms with Crippen LogP contribution in [0, 0.1) is 24.7 Å². The second-order valence-electron chi connectivity index (χ2n) is 6.02. The highest BCUT2D eigenvalue weighted by Gasteiger charge is 2.39. The first-order valence-corrected chi connectivity index (χ1v) is 7.09. The lowest BCUT2D eigenvalue weighted by molar-refractivity contribution is 0.189. The van der Waals surface area contributed by atoms with E-state index in [1.807, 2.05) is 19.1 Å². The Balaban J connectivity index is 1.63. The summed E-state index contributed by atoms with van der Waals surface area (Å²) in [4.78, 5) is 0. The summed E-state index contributed by atoms with van der Waals surface area (Å²) in [7, 11) is 0. The van der Waals surface area contributed by atoms with Crippen molar-refractivity contribution in [2.45, 2.75) is 39.2 Å². The molecule has 2 saturated carbocycles. The maximum atomic E-state index is 9.36. The monoisotopic (exact) mass is 246 g/mol. The van der Waals surface area contributed by atoms with Crippen LogP contribution < -0.4 is 4.74 Å². The van der Waals surface area contributed by atoms with Crippen LogP contribution in [0.4, 0.5) is 0 Å². The minimum Gasteiger partial charge on any atom is -0.493 e. The fraction of sp³-hybridized carbons (Fsp3) is 0.625. The van der Waals surface area contributed by atoms with Crippen LogP contribution in [-0.2, 0) is 6.61 Å². The van der Waals surface area contributed by atoms with Crippen molar-refractivity contribution in [2.24, 2.45) is 17.8 Å². The van der Waals surface area contributed by atoms with Gasteiger partial charge in [-0.3, -0.25) is 0 Å². The van der Waals surface area contributed by atoms with Gasteiger partial charge in [-0.1, -0.05) is 24.1 Å². The molecule has 1 aromatic rings. The highest BCUT2D eigenvalue weighted by atomic mass is 16.5. The lowest BCUT2D eigenvalue weighted by Crippen LogP contribution is -2.18. The minimum atomic E-state index is 0.0632. The second-order valence-corrected chi connectivity index (χ2v) is 6.02. The van der Waals surface area contributed by atoms with Crippen molar-refractivity contribution >= 4 is 0 Å². The molecule has 2 heteroatoms. The molecular weight excluding hydrogens is 224 g/mol. The molecule has 2 aliphatic rings. The quantitative estimate of drug-likeness (QED) is 0.883. The number of aryl methyl sites for hydroxylation is 1. The van der Waals surface area contributed by atoms with E-state index in [4.69, 9.17) is 4.74 Å². The number of ether oxygens (including phenoxy) is 1. The smallest absolute Gasteiger partial charge is 0.124 e. The number of benzene rings is 1. The third-order valence-corrected chi connectivity index (χ3v) is 4.72. The summed E-state index contributed by atoms with van der Waals surface area (Å²) in [6.45, 7) is 2.93. The predicted octanol–water partition coefficient (Wildman–Crippen LogP) is 3.30. The van der Waals surface area contributed by atoms with Crippen molar-refractivity contribution in [1.29, 1.82) is 0 Å². The summed E-state index contributed by atoms with van der Waals surface area (Å²) in [5.74, 6) is 3.49. The molecule has 3 rings (SSSR count). The van der Waals surface area contributed by atoms with Gasteiger partial charge in [0, 0.05) is 5.56 Å². The molecule has 1 N–H and O–H groups in total. The summed E-state index contributed by atoms with van der Waals surface area (Å²) >= 11 is 0. The van der Waals surface area contributed by atoms with Crippen molar-refractivity contribution in [3.63, 3.8) is 0 Å². The first-order valence-electron chi connectivity index (χ1n) is 7.09. The largest absolute Gasteiger partial charge is 0.493 e. The van der Waals surface area contributed by atoms with E-state index in [9.17, 15) is 5.11 Å². The van der Waals surface area contributed by atoms with Gasteiger partial charge in [0.2, 0.25) is 0 Å². The third-order valence-electron chi connectivity index (χ3n) is 4.72. The predicted molar refractivity (Wildman–Crippen MR) is 71.5 cm³/mol. The topological polar surface area (TPSA) is 29.5 Å². The Bertz CT molecular complexity index is 427. The molecular formula is C16H22O2. The van der Waals surface area contributed by atoms with Crippen LogP contribution in [-0.4, -0.2) is 11.7 Å². The molecule has 0 radical (unpaired) electrons. The molecule has 2 bridgehead atoms. The van der Waals surface area contributed by atoms with Crippen LogP contribution in [0.2, 0.25) is 0 Å². The maximum absolute atomic E-state index is 9.36. The van der Waals surface area contributed by atoms with Gasteiger partial charge in [0.15, 0.2) is 0 Å². The summed E-state index contributed by atoms with van der Waals surface area (Å²) in [6, 6.07) is 6.06. The van der Waals surface area contributed by atoms with E-state index in [-0.39, 0.29) is 6.61 Å². The number of rotatable bonds is 4. The van der Waals surface area contributed by atoms with Crippen LogP contribution >= 0.6 is 0 Å².